The zero-order valence-electron chi connectivity index (χ0n) is 4.09. The van der Waals surface area contributed by atoms with E-state index in [1.54, 1.807) is 0 Å². The Morgan fingerprint density at radius 1 is 1.56 bits per heavy atom. The summed E-state index contributed by atoms with van der Waals surface area (Å²) in [6, 6.07) is 0. The van der Waals surface area contributed by atoms with Crippen LogP contribution in [0.5, 0.6) is 0 Å². The molecule has 0 rings (SSSR count). The van der Waals surface area contributed by atoms with Crippen molar-refractivity contribution in [3.05, 3.63) is 0 Å². The van der Waals surface area contributed by atoms with Gasteiger partial charge in [0.1, 0.15) is 0 Å². The van der Waals surface area contributed by atoms with Crippen LogP contribution in [0.3, 0.4) is 0 Å². The van der Waals surface area contributed by atoms with Gasteiger partial charge in [0.05, 0.1) is 6.54 Å². The van der Waals surface area contributed by atoms with Crippen LogP contribution in [0.15, 0.2) is 0 Å². The van der Waals surface area contributed by atoms with Crippen molar-refractivity contribution in [2.75, 3.05) is 6.54 Å². The number of carbonyl (C=O) groups is 1. The molecule has 0 aliphatic heterocycles. The summed E-state index contributed by atoms with van der Waals surface area (Å²) in [5.41, 5.74) is 4.57. The molecule has 0 atom stereocenters. The number of aliphatic carboxylic acids is 1. The van der Waals surface area contributed by atoms with E-state index in [0.29, 0.717) is 25.2 Å². The molecule has 0 aliphatic carbocycles. The zero-order valence-corrected chi connectivity index (χ0v) is 6.55. The van der Waals surface area contributed by atoms with Gasteiger partial charge in [0.15, 0.2) is 17.4 Å². The van der Waals surface area contributed by atoms with Crippen molar-refractivity contribution in [1.29, 1.82) is 0 Å². The number of carboxylic acids is 1. The molecule has 0 radical (unpaired) electrons. The second-order valence-corrected chi connectivity index (χ2v) is 0.598. The van der Waals surface area contributed by atoms with Gasteiger partial charge in [-0.15, -0.1) is 0 Å². The predicted octanol–water partition coefficient (Wildman–Crippen LogP) is -3.54. The maximum atomic E-state index is 9.24. The minimum absolute atomic E-state index is 0. The minimum atomic E-state index is -0.968. The standard InChI is InChI=1S/C2H5NO2.Al.2H2O.Zr.3H/c3-1-2(4)5;;;;;;;/h1,3H2,(H,4,5);;2*1H2;;;;/q;;;;+1;;;/p-1. The molecular formula is C2H11AlNO4Zr. The number of hydrogen-bond acceptors (Lipinski definition) is 3. The summed E-state index contributed by atoms with van der Waals surface area (Å²) in [4.78, 5) is 9.24. The molecular weight excluding hydrogens is 220 g/mol. The summed E-state index contributed by atoms with van der Waals surface area (Å²) in [5.74, 6) is -0.968. The van der Waals surface area contributed by atoms with Crippen LogP contribution in [0.4, 0.5) is 0 Å². The van der Waals surface area contributed by atoms with Crippen LogP contribution in [0, 0.1) is 0 Å². The fourth-order valence-corrected chi connectivity index (χ4v) is 0. The molecule has 0 unspecified atom stereocenters. The summed E-state index contributed by atoms with van der Waals surface area (Å²) in [6.45, 7) is -0.278. The van der Waals surface area contributed by atoms with Crippen molar-refractivity contribution >= 4 is 23.3 Å². The first-order valence-electron chi connectivity index (χ1n) is 1.41. The van der Waals surface area contributed by atoms with Crippen LogP contribution in [0.25, 0.3) is 0 Å². The van der Waals surface area contributed by atoms with Gasteiger partial charge in [0.25, 0.3) is 0 Å². The summed E-state index contributed by atoms with van der Waals surface area (Å²) in [7, 11) is 0. The normalized spacial score (nSPS) is 4.56. The summed E-state index contributed by atoms with van der Waals surface area (Å²) in [5, 5.41) is 7.60. The van der Waals surface area contributed by atoms with E-state index in [1.165, 1.54) is 0 Å². The Hall–Kier alpha value is 0.766. The van der Waals surface area contributed by atoms with Gasteiger partial charge in [-0.1, -0.05) is 0 Å². The van der Waals surface area contributed by atoms with Gasteiger partial charge in [0, 0.05) is 0 Å². The maximum absolute atomic E-state index is 9.24. The molecule has 5 nitrogen and oxygen atoms in total. The van der Waals surface area contributed by atoms with E-state index in [0.717, 1.165) is 0 Å². The van der Waals surface area contributed by atoms with Gasteiger partial charge in [-0.3, -0.25) is 4.79 Å². The quantitative estimate of drug-likeness (QED) is 0.405. The van der Waals surface area contributed by atoms with Crippen molar-refractivity contribution in [1.82, 2.24) is 0 Å². The van der Waals surface area contributed by atoms with Crippen molar-refractivity contribution in [2.45, 2.75) is 0 Å². The molecule has 0 bridgehead atoms. The average molecular weight is 231 g/mol. The van der Waals surface area contributed by atoms with Crippen molar-refractivity contribution in [3.8, 4) is 0 Å². The van der Waals surface area contributed by atoms with Crippen LogP contribution in [-0.2, 0) is 30.0 Å². The molecule has 0 saturated heterocycles. The van der Waals surface area contributed by atoms with Gasteiger partial charge in [0.2, 0.25) is 0 Å². The molecule has 0 aliphatic rings. The Kier molecular flexibility index (Phi) is 58.4. The molecule has 6 N–H and O–H groups in total. The van der Waals surface area contributed by atoms with Crippen molar-refractivity contribution < 1.29 is 43.7 Å². The molecule has 9 heavy (non-hydrogen) atoms. The first-order chi connectivity index (χ1) is 3.27. The van der Waals surface area contributed by atoms with Crippen LogP contribution < -0.4 is 5.73 Å². The summed E-state index contributed by atoms with van der Waals surface area (Å²) < 4.78 is 7.09. The van der Waals surface area contributed by atoms with Gasteiger partial charge >= 0.3 is 34.3 Å². The third-order valence-electron chi connectivity index (χ3n) is 0.175. The second kappa shape index (κ2) is 23.3. The topological polar surface area (TPSA) is 115 Å². The zero-order chi connectivity index (χ0) is 6.28. The molecule has 0 saturated carbocycles. The van der Waals surface area contributed by atoms with E-state index in [1.807, 2.05) is 0 Å². The second-order valence-electron chi connectivity index (χ2n) is 0.598. The van der Waals surface area contributed by atoms with E-state index in [2.05, 4.69) is 5.73 Å². The van der Waals surface area contributed by atoms with E-state index in [9.17, 15) is 4.79 Å². The third kappa shape index (κ3) is 52.5. The van der Waals surface area contributed by atoms with Gasteiger partial charge in [-0.05, 0) is 0 Å². The van der Waals surface area contributed by atoms with Crippen molar-refractivity contribution in [3.63, 3.8) is 0 Å². The number of rotatable bonds is 1. The summed E-state index contributed by atoms with van der Waals surface area (Å²) in [6.07, 6.45) is 0. The van der Waals surface area contributed by atoms with E-state index >= 15 is 0 Å². The Morgan fingerprint density at radius 2 is 1.67 bits per heavy atom. The molecule has 7 heteroatoms. The van der Waals surface area contributed by atoms with Gasteiger partial charge < -0.3 is 16.3 Å². The Labute approximate surface area is 79.1 Å². The number of hydrogen-bond donors (Lipinski definition) is 3. The van der Waals surface area contributed by atoms with E-state index < -0.39 is 5.97 Å². The third-order valence-corrected chi connectivity index (χ3v) is 0.175. The Balaban J connectivity index is -0.0000000286. The van der Waals surface area contributed by atoms with E-state index in [4.69, 9.17) is 8.29 Å². The molecule has 0 amide bonds. The fourth-order valence-electron chi connectivity index (χ4n) is 0. The molecule has 0 fully saturated rings. The molecule has 0 aromatic rings. The Bertz CT molecular complexity index is 53.8. The molecule has 0 heterocycles. The molecule has 55 valence electrons. The van der Waals surface area contributed by atoms with Crippen molar-refractivity contribution in [2.24, 2.45) is 5.73 Å². The molecule has 0 spiro atoms. The fraction of sp³-hybridized carbons (Fsp3) is 0.500. The first-order valence-corrected chi connectivity index (χ1v) is 2.51. The van der Waals surface area contributed by atoms with Crippen LogP contribution in [0.2, 0.25) is 0 Å². The molecule has 0 aromatic carbocycles. The van der Waals surface area contributed by atoms with E-state index in [-0.39, 0.29) is 29.4 Å². The van der Waals surface area contributed by atoms with Crippen LogP contribution in [0.1, 0.15) is 0 Å². The van der Waals surface area contributed by atoms with Gasteiger partial charge in [-0.25, -0.2) is 0 Å². The number of nitrogens with two attached hydrogens (primary N) is 1. The van der Waals surface area contributed by atoms with Crippen LogP contribution in [-0.4, -0.2) is 43.6 Å². The Morgan fingerprint density at radius 3 is 1.67 bits per heavy atom. The van der Waals surface area contributed by atoms with Gasteiger partial charge in [-0.2, -0.15) is 0 Å². The monoisotopic (exact) mass is 230 g/mol. The summed E-state index contributed by atoms with van der Waals surface area (Å²) >= 11 is 0.550. The average Bonchev–Trinajstić information content (AvgIpc) is 1.73. The SMILES string of the molecule is NCC(=O)O.O.[AlH3].[OH][Zr]. The first kappa shape index (κ1) is 22.6. The predicted molar refractivity (Wildman–Crippen MR) is 32.5 cm³/mol. The number of carboxylic acid groups (broad SMARTS) is 1. The molecule has 0 aromatic heterocycles. The van der Waals surface area contributed by atoms with Crippen LogP contribution >= 0.6 is 0 Å².